The molecule has 0 aliphatic rings. The fourth-order valence-corrected chi connectivity index (χ4v) is 1.97. The van der Waals surface area contributed by atoms with Gasteiger partial charge in [-0.3, -0.25) is 4.79 Å². The van der Waals surface area contributed by atoms with Gasteiger partial charge in [-0.1, -0.05) is 44.5 Å². The van der Waals surface area contributed by atoms with Crippen LogP contribution in [0.3, 0.4) is 0 Å². The van der Waals surface area contributed by atoms with Crippen LogP contribution in [0.4, 0.5) is 0 Å². The predicted octanol–water partition coefficient (Wildman–Crippen LogP) is 2.64. The number of carbonyl (C=O) groups is 1. The van der Waals surface area contributed by atoms with Gasteiger partial charge in [-0.25, -0.2) is 0 Å². The zero-order valence-electron chi connectivity index (χ0n) is 12.3. The van der Waals surface area contributed by atoms with E-state index in [1.807, 2.05) is 13.0 Å². The second-order valence-corrected chi connectivity index (χ2v) is 4.87. The van der Waals surface area contributed by atoms with E-state index in [1.54, 1.807) is 0 Å². The van der Waals surface area contributed by atoms with Crippen LogP contribution < -0.4 is 10.6 Å². The molecule has 1 rings (SSSR count). The van der Waals surface area contributed by atoms with E-state index >= 15 is 0 Å². The zero-order valence-corrected chi connectivity index (χ0v) is 12.3. The Labute approximate surface area is 116 Å². The molecule has 0 saturated heterocycles. The topological polar surface area (TPSA) is 41.1 Å². The van der Waals surface area contributed by atoms with Crippen LogP contribution in [-0.2, 0) is 17.8 Å². The monoisotopic (exact) mass is 262 g/mol. The van der Waals surface area contributed by atoms with Crippen LogP contribution in [0.15, 0.2) is 24.3 Å². The summed E-state index contributed by atoms with van der Waals surface area (Å²) in [7, 11) is 0. The van der Waals surface area contributed by atoms with Crippen LogP contribution in [-0.4, -0.2) is 18.5 Å². The minimum absolute atomic E-state index is 0.0856. The molecule has 0 bridgehead atoms. The van der Waals surface area contributed by atoms with Crippen molar-refractivity contribution in [2.24, 2.45) is 0 Å². The third-order valence-electron chi connectivity index (χ3n) is 3.32. The van der Waals surface area contributed by atoms with Crippen LogP contribution in [0.25, 0.3) is 0 Å². The summed E-state index contributed by atoms with van der Waals surface area (Å²) in [6.07, 6.45) is 3.16. The largest absolute Gasteiger partial charge is 0.355 e. The van der Waals surface area contributed by atoms with Gasteiger partial charge in [0, 0.05) is 13.1 Å². The van der Waals surface area contributed by atoms with Crippen molar-refractivity contribution in [3.8, 4) is 0 Å². The summed E-state index contributed by atoms with van der Waals surface area (Å²) in [6.45, 7) is 7.70. The van der Waals surface area contributed by atoms with Crippen LogP contribution in [0.5, 0.6) is 0 Å². The van der Waals surface area contributed by atoms with Crippen molar-refractivity contribution < 1.29 is 4.79 Å². The van der Waals surface area contributed by atoms with Crippen molar-refractivity contribution in [3.63, 3.8) is 0 Å². The van der Waals surface area contributed by atoms with E-state index in [4.69, 9.17) is 0 Å². The lowest BCUT2D eigenvalue weighted by molar-refractivity contribution is -0.122. The van der Waals surface area contributed by atoms with Crippen LogP contribution in [0.2, 0.25) is 0 Å². The Hall–Kier alpha value is -1.35. The van der Waals surface area contributed by atoms with E-state index in [9.17, 15) is 4.79 Å². The van der Waals surface area contributed by atoms with Crippen molar-refractivity contribution in [3.05, 3.63) is 35.4 Å². The first kappa shape index (κ1) is 15.7. The number of amides is 1. The zero-order chi connectivity index (χ0) is 14.1. The summed E-state index contributed by atoms with van der Waals surface area (Å²) in [5, 5.41) is 6.24. The number of rotatable bonds is 8. The molecule has 0 radical (unpaired) electrons. The minimum atomic E-state index is -0.151. The van der Waals surface area contributed by atoms with E-state index in [0.29, 0.717) is 0 Å². The smallest absolute Gasteiger partial charge is 0.236 e. The molecule has 0 aromatic heterocycles. The molecule has 1 amide bonds. The first-order valence-electron chi connectivity index (χ1n) is 7.26. The van der Waals surface area contributed by atoms with Gasteiger partial charge in [0.05, 0.1) is 6.04 Å². The molecule has 1 aromatic rings. The second kappa shape index (κ2) is 8.70. The molecule has 0 heterocycles. The van der Waals surface area contributed by atoms with Gasteiger partial charge in [0.1, 0.15) is 0 Å². The van der Waals surface area contributed by atoms with E-state index in [-0.39, 0.29) is 11.9 Å². The summed E-state index contributed by atoms with van der Waals surface area (Å²) >= 11 is 0. The van der Waals surface area contributed by atoms with Crippen molar-refractivity contribution >= 4 is 5.91 Å². The lowest BCUT2D eigenvalue weighted by atomic mass is 10.1. The van der Waals surface area contributed by atoms with Gasteiger partial charge in [-0.15, -0.1) is 0 Å². The molecule has 3 nitrogen and oxygen atoms in total. The third-order valence-corrected chi connectivity index (χ3v) is 3.32. The van der Waals surface area contributed by atoms with Crippen molar-refractivity contribution in [1.82, 2.24) is 10.6 Å². The fraction of sp³-hybridized carbons (Fsp3) is 0.562. The highest BCUT2D eigenvalue weighted by molar-refractivity contribution is 5.81. The molecular weight excluding hydrogens is 236 g/mol. The molecule has 0 aliphatic carbocycles. The normalized spacial score (nSPS) is 12.2. The number of hydrogen-bond donors (Lipinski definition) is 2. The maximum atomic E-state index is 11.8. The average molecular weight is 262 g/mol. The standard InChI is InChI=1S/C16H26N2O/c1-4-6-11-17-16(19)13(3)18-12-15-10-8-7-9-14(15)5-2/h7-10,13,18H,4-6,11-12H2,1-3H3,(H,17,19). The number of benzene rings is 1. The van der Waals surface area contributed by atoms with Gasteiger partial charge < -0.3 is 10.6 Å². The molecular formula is C16H26N2O. The Bertz CT molecular complexity index is 390. The van der Waals surface area contributed by atoms with Gasteiger partial charge in [-0.2, -0.15) is 0 Å². The van der Waals surface area contributed by atoms with E-state index in [0.717, 1.165) is 32.4 Å². The Morgan fingerprint density at radius 2 is 1.89 bits per heavy atom. The van der Waals surface area contributed by atoms with E-state index in [1.165, 1.54) is 11.1 Å². The summed E-state index contributed by atoms with van der Waals surface area (Å²) in [4.78, 5) is 11.8. The highest BCUT2D eigenvalue weighted by Gasteiger charge is 2.11. The lowest BCUT2D eigenvalue weighted by Gasteiger charge is -2.15. The van der Waals surface area contributed by atoms with Gasteiger partial charge in [0.15, 0.2) is 0 Å². The molecule has 2 N–H and O–H groups in total. The average Bonchev–Trinajstić information content (AvgIpc) is 2.45. The number of unbranched alkanes of at least 4 members (excludes halogenated alkanes) is 1. The Morgan fingerprint density at radius 1 is 1.21 bits per heavy atom. The number of aryl methyl sites for hydroxylation is 1. The molecule has 106 valence electrons. The highest BCUT2D eigenvalue weighted by atomic mass is 16.2. The highest BCUT2D eigenvalue weighted by Crippen LogP contribution is 2.09. The third kappa shape index (κ3) is 5.43. The Kier molecular flexibility index (Phi) is 7.19. The summed E-state index contributed by atoms with van der Waals surface area (Å²) in [6, 6.07) is 8.21. The predicted molar refractivity (Wildman–Crippen MR) is 80.0 cm³/mol. The molecule has 1 unspecified atom stereocenters. The van der Waals surface area contributed by atoms with Gasteiger partial charge in [0.25, 0.3) is 0 Å². The first-order valence-corrected chi connectivity index (χ1v) is 7.26. The summed E-state index contributed by atoms with van der Waals surface area (Å²) in [5.74, 6) is 0.0856. The molecule has 0 saturated carbocycles. The Balaban J connectivity index is 2.40. The van der Waals surface area contributed by atoms with Gasteiger partial charge in [0.2, 0.25) is 5.91 Å². The van der Waals surface area contributed by atoms with E-state index in [2.05, 4.69) is 42.7 Å². The van der Waals surface area contributed by atoms with Crippen molar-refractivity contribution in [2.75, 3.05) is 6.54 Å². The van der Waals surface area contributed by atoms with Gasteiger partial charge >= 0.3 is 0 Å². The van der Waals surface area contributed by atoms with Crippen molar-refractivity contribution in [1.29, 1.82) is 0 Å². The summed E-state index contributed by atoms with van der Waals surface area (Å²) in [5.41, 5.74) is 2.62. The number of carbonyl (C=O) groups excluding carboxylic acids is 1. The second-order valence-electron chi connectivity index (χ2n) is 4.87. The molecule has 0 spiro atoms. The quantitative estimate of drug-likeness (QED) is 0.707. The lowest BCUT2D eigenvalue weighted by Crippen LogP contribution is -2.42. The number of hydrogen-bond acceptors (Lipinski definition) is 2. The first-order chi connectivity index (χ1) is 9.19. The van der Waals surface area contributed by atoms with Crippen molar-refractivity contribution in [2.45, 2.75) is 52.6 Å². The molecule has 1 atom stereocenters. The fourth-order valence-electron chi connectivity index (χ4n) is 1.97. The van der Waals surface area contributed by atoms with Crippen LogP contribution in [0, 0.1) is 0 Å². The minimum Gasteiger partial charge on any atom is -0.355 e. The number of nitrogens with one attached hydrogen (secondary N) is 2. The van der Waals surface area contributed by atoms with Crippen LogP contribution in [0.1, 0.15) is 44.7 Å². The molecule has 3 heteroatoms. The van der Waals surface area contributed by atoms with Crippen LogP contribution >= 0.6 is 0 Å². The maximum absolute atomic E-state index is 11.8. The SMILES string of the molecule is CCCCNC(=O)C(C)NCc1ccccc1CC. The summed E-state index contributed by atoms with van der Waals surface area (Å²) < 4.78 is 0. The maximum Gasteiger partial charge on any atom is 0.236 e. The van der Waals surface area contributed by atoms with E-state index < -0.39 is 0 Å². The molecule has 0 fully saturated rings. The van der Waals surface area contributed by atoms with Gasteiger partial charge in [-0.05, 0) is 30.9 Å². The Morgan fingerprint density at radius 3 is 2.53 bits per heavy atom. The molecule has 0 aliphatic heterocycles. The molecule has 19 heavy (non-hydrogen) atoms. The molecule has 1 aromatic carbocycles.